The van der Waals surface area contributed by atoms with Crippen LogP contribution in [-0.2, 0) is 6.42 Å². The van der Waals surface area contributed by atoms with Crippen LogP contribution in [0.3, 0.4) is 0 Å². The van der Waals surface area contributed by atoms with Gasteiger partial charge in [-0.25, -0.2) is 0 Å². The van der Waals surface area contributed by atoms with E-state index in [2.05, 4.69) is 43.2 Å². The van der Waals surface area contributed by atoms with Crippen LogP contribution in [0.2, 0.25) is 0 Å². The molecule has 0 aliphatic carbocycles. The van der Waals surface area contributed by atoms with Crippen molar-refractivity contribution in [3.63, 3.8) is 0 Å². The van der Waals surface area contributed by atoms with E-state index in [1.165, 1.54) is 0 Å². The fraction of sp³-hybridized carbons (Fsp3) is 0.733. The van der Waals surface area contributed by atoms with Crippen LogP contribution in [-0.4, -0.2) is 41.6 Å². The average Bonchev–Trinajstić information content (AvgIpc) is 2.94. The molecule has 0 aliphatic rings. The maximum Gasteiger partial charge on any atom is 0.273 e. The summed E-state index contributed by atoms with van der Waals surface area (Å²) in [5.74, 6) is 0.574. The van der Waals surface area contributed by atoms with Crippen molar-refractivity contribution in [1.29, 1.82) is 0 Å². The van der Waals surface area contributed by atoms with Crippen molar-refractivity contribution >= 4 is 5.91 Å². The highest BCUT2D eigenvalue weighted by Crippen LogP contribution is 2.21. The second kappa shape index (κ2) is 7.43. The van der Waals surface area contributed by atoms with Gasteiger partial charge in [0.15, 0.2) is 5.69 Å². The van der Waals surface area contributed by atoms with Crippen LogP contribution in [0, 0.1) is 0 Å². The molecule has 1 unspecified atom stereocenters. The molecule has 0 saturated carbocycles. The molecule has 0 spiro atoms. The molecule has 0 fully saturated rings. The molecule has 0 bridgehead atoms. The molecule has 114 valence electrons. The second-order valence-corrected chi connectivity index (χ2v) is 5.40. The largest absolute Gasteiger partial charge is 0.361 e. The monoisotopic (exact) mass is 281 g/mol. The van der Waals surface area contributed by atoms with Gasteiger partial charge < -0.3 is 14.7 Å². The maximum atomic E-state index is 11.9. The molecular weight excluding hydrogens is 254 g/mol. The van der Waals surface area contributed by atoms with Gasteiger partial charge in [-0.15, -0.1) is 0 Å². The molecule has 0 radical (unpaired) electrons. The lowest BCUT2D eigenvalue weighted by atomic mass is 9.92. The first-order chi connectivity index (χ1) is 9.46. The molecule has 5 nitrogen and oxygen atoms in total. The molecule has 1 aromatic heterocycles. The number of carbonyl (C=O) groups is 1. The fourth-order valence-electron chi connectivity index (χ4n) is 2.14. The lowest BCUT2D eigenvalue weighted by molar-refractivity contribution is 0.0919. The van der Waals surface area contributed by atoms with Gasteiger partial charge in [0.05, 0.1) is 0 Å². The predicted octanol–water partition coefficient (Wildman–Crippen LogP) is 2.48. The summed E-state index contributed by atoms with van der Waals surface area (Å²) in [6.07, 6.45) is 2.71. The van der Waals surface area contributed by atoms with E-state index in [4.69, 9.17) is 4.52 Å². The quantitative estimate of drug-likeness (QED) is 0.795. The Kier molecular flexibility index (Phi) is 6.20. The Morgan fingerprint density at radius 3 is 2.65 bits per heavy atom. The first-order valence-corrected chi connectivity index (χ1v) is 7.41. The van der Waals surface area contributed by atoms with E-state index in [9.17, 15) is 4.79 Å². The van der Waals surface area contributed by atoms with Crippen molar-refractivity contribution < 1.29 is 9.32 Å². The molecule has 1 amide bonds. The van der Waals surface area contributed by atoms with E-state index in [1.807, 2.05) is 6.92 Å². The number of hydrogen-bond donors (Lipinski definition) is 1. The van der Waals surface area contributed by atoms with Crippen LogP contribution in [0.15, 0.2) is 10.6 Å². The van der Waals surface area contributed by atoms with E-state index < -0.39 is 0 Å². The fourth-order valence-corrected chi connectivity index (χ4v) is 2.14. The molecular formula is C15H27N3O2. The third-order valence-electron chi connectivity index (χ3n) is 4.25. The summed E-state index contributed by atoms with van der Waals surface area (Å²) in [5.41, 5.74) is 0.476. The molecule has 0 aliphatic heterocycles. The summed E-state index contributed by atoms with van der Waals surface area (Å²) in [6, 6.07) is 1.70. The van der Waals surface area contributed by atoms with Crippen molar-refractivity contribution in [2.75, 3.05) is 20.1 Å². The van der Waals surface area contributed by atoms with Gasteiger partial charge in [0.2, 0.25) is 0 Å². The molecule has 0 aromatic carbocycles. The summed E-state index contributed by atoms with van der Waals surface area (Å²) in [6.45, 7) is 10.2. The van der Waals surface area contributed by atoms with Gasteiger partial charge in [0.25, 0.3) is 5.91 Å². The van der Waals surface area contributed by atoms with Crippen LogP contribution in [0.5, 0.6) is 0 Å². The molecule has 20 heavy (non-hydrogen) atoms. The number of rotatable bonds is 8. The lowest BCUT2D eigenvalue weighted by Crippen LogP contribution is -2.45. The van der Waals surface area contributed by atoms with Crippen LogP contribution in [0.4, 0.5) is 0 Å². The number of nitrogens with zero attached hydrogens (tertiary/aromatic N) is 2. The van der Waals surface area contributed by atoms with Crippen molar-refractivity contribution in [2.24, 2.45) is 0 Å². The van der Waals surface area contributed by atoms with E-state index in [1.54, 1.807) is 6.07 Å². The van der Waals surface area contributed by atoms with Gasteiger partial charge >= 0.3 is 0 Å². The topological polar surface area (TPSA) is 58.4 Å². The SMILES string of the molecule is CCc1cc(C(=O)NCCC(C)(CC)N(C)CC)no1. The van der Waals surface area contributed by atoms with E-state index >= 15 is 0 Å². The Bertz CT molecular complexity index is 431. The number of nitrogens with one attached hydrogen (secondary N) is 1. The van der Waals surface area contributed by atoms with Crippen molar-refractivity contribution in [1.82, 2.24) is 15.4 Å². The first kappa shape index (κ1) is 16.7. The van der Waals surface area contributed by atoms with Crippen molar-refractivity contribution in [3.05, 3.63) is 17.5 Å². The van der Waals surface area contributed by atoms with E-state index in [0.29, 0.717) is 12.2 Å². The molecule has 1 rings (SSSR count). The van der Waals surface area contributed by atoms with Gasteiger partial charge in [-0.3, -0.25) is 4.79 Å². The summed E-state index contributed by atoms with van der Waals surface area (Å²) in [5, 5.41) is 6.69. The minimum absolute atomic E-state index is 0.112. The summed E-state index contributed by atoms with van der Waals surface area (Å²) in [4.78, 5) is 14.3. The van der Waals surface area contributed by atoms with Crippen LogP contribution >= 0.6 is 0 Å². The van der Waals surface area contributed by atoms with Gasteiger partial charge in [0, 0.05) is 24.6 Å². The third kappa shape index (κ3) is 4.07. The van der Waals surface area contributed by atoms with Gasteiger partial charge in [0.1, 0.15) is 5.76 Å². The number of hydrogen-bond acceptors (Lipinski definition) is 4. The Morgan fingerprint density at radius 1 is 1.45 bits per heavy atom. The number of amides is 1. The van der Waals surface area contributed by atoms with Crippen LogP contribution in [0.25, 0.3) is 0 Å². The molecule has 1 N–H and O–H groups in total. The smallest absolute Gasteiger partial charge is 0.273 e. The Hall–Kier alpha value is -1.36. The Labute approximate surface area is 121 Å². The van der Waals surface area contributed by atoms with Crippen LogP contribution < -0.4 is 5.32 Å². The zero-order valence-corrected chi connectivity index (χ0v) is 13.3. The molecule has 1 aromatic rings. The average molecular weight is 281 g/mol. The Morgan fingerprint density at radius 2 is 2.15 bits per heavy atom. The Balaban J connectivity index is 2.48. The summed E-state index contributed by atoms with van der Waals surface area (Å²) >= 11 is 0. The van der Waals surface area contributed by atoms with Gasteiger partial charge in [-0.2, -0.15) is 0 Å². The zero-order chi connectivity index (χ0) is 15.2. The van der Waals surface area contributed by atoms with Gasteiger partial charge in [-0.1, -0.05) is 25.9 Å². The number of aromatic nitrogens is 1. The molecule has 1 atom stereocenters. The molecule has 1 heterocycles. The highest BCUT2D eigenvalue weighted by molar-refractivity contribution is 5.92. The van der Waals surface area contributed by atoms with E-state index in [0.717, 1.165) is 31.6 Å². The number of carbonyl (C=O) groups excluding carboxylic acids is 1. The van der Waals surface area contributed by atoms with Crippen molar-refractivity contribution in [3.8, 4) is 0 Å². The predicted molar refractivity (Wildman–Crippen MR) is 79.8 cm³/mol. The highest BCUT2D eigenvalue weighted by Gasteiger charge is 2.26. The normalized spacial score (nSPS) is 14.3. The third-order valence-corrected chi connectivity index (χ3v) is 4.25. The first-order valence-electron chi connectivity index (χ1n) is 7.41. The molecule has 0 saturated heterocycles. The number of aryl methyl sites for hydroxylation is 1. The minimum atomic E-state index is -0.161. The summed E-state index contributed by atoms with van der Waals surface area (Å²) in [7, 11) is 2.12. The van der Waals surface area contributed by atoms with E-state index in [-0.39, 0.29) is 11.4 Å². The highest BCUT2D eigenvalue weighted by atomic mass is 16.5. The maximum absolute atomic E-state index is 11.9. The standard InChI is InChI=1S/C15H27N3O2/c1-6-12-11-13(17-20-12)14(19)16-10-9-15(4,7-2)18(5)8-3/h11H,6-10H2,1-5H3,(H,16,19). The minimum Gasteiger partial charge on any atom is -0.361 e. The lowest BCUT2D eigenvalue weighted by Gasteiger charge is -2.37. The summed E-state index contributed by atoms with van der Waals surface area (Å²) < 4.78 is 5.04. The van der Waals surface area contributed by atoms with Crippen LogP contribution in [0.1, 0.15) is 56.8 Å². The van der Waals surface area contributed by atoms with Gasteiger partial charge in [-0.05, 0) is 33.4 Å². The van der Waals surface area contributed by atoms with Crippen molar-refractivity contribution in [2.45, 2.75) is 52.5 Å². The zero-order valence-electron chi connectivity index (χ0n) is 13.3. The molecule has 5 heteroatoms. The second-order valence-electron chi connectivity index (χ2n) is 5.40.